The van der Waals surface area contributed by atoms with E-state index < -0.39 is 0 Å². The summed E-state index contributed by atoms with van der Waals surface area (Å²) in [4.78, 5) is 0. The topological polar surface area (TPSA) is 32.3 Å². The fraction of sp³-hybridized carbons (Fsp3) is 1.00. The van der Waals surface area contributed by atoms with Gasteiger partial charge in [-0.1, -0.05) is 13.3 Å². The standard InChI is InChI=1S/C12H25NO/c1-3-10(2)13-9-5-7-11-6-4-8-12(11)14/h10-14H,3-9H2,1-2H3. The second-order valence-corrected chi connectivity index (χ2v) is 4.66. The number of hydrogen-bond donors (Lipinski definition) is 2. The highest BCUT2D eigenvalue weighted by Gasteiger charge is 2.24. The third-order valence-corrected chi connectivity index (χ3v) is 3.48. The van der Waals surface area contributed by atoms with Crippen molar-refractivity contribution in [3.05, 3.63) is 0 Å². The van der Waals surface area contributed by atoms with E-state index >= 15 is 0 Å². The SMILES string of the molecule is CCC(C)NCCCC1CCCC1O. The molecular weight excluding hydrogens is 174 g/mol. The minimum Gasteiger partial charge on any atom is -0.393 e. The monoisotopic (exact) mass is 199 g/mol. The van der Waals surface area contributed by atoms with Crippen molar-refractivity contribution in [3.8, 4) is 0 Å². The molecule has 0 heterocycles. The maximum absolute atomic E-state index is 9.62. The number of aliphatic hydroxyl groups excluding tert-OH is 1. The van der Waals surface area contributed by atoms with E-state index in [1.54, 1.807) is 0 Å². The molecule has 1 saturated carbocycles. The van der Waals surface area contributed by atoms with Crippen LogP contribution in [0.15, 0.2) is 0 Å². The van der Waals surface area contributed by atoms with Crippen molar-refractivity contribution in [2.45, 2.75) is 64.5 Å². The van der Waals surface area contributed by atoms with Gasteiger partial charge in [0, 0.05) is 6.04 Å². The molecule has 84 valence electrons. The summed E-state index contributed by atoms with van der Waals surface area (Å²) in [6.07, 6.45) is 7.11. The molecule has 1 fully saturated rings. The van der Waals surface area contributed by atoms with Gasteiger partial charge in [-0.2, -0.15) is 0 Å². The lowest BCUT2D eigenvalue weighted by molar-refractivity contribution is 0.126. The zero-order chi connectivity index (χ0) is 10.4. The fourth-order valence-corrected chi connectivity index (χ4v) is 2.21. The number of nitrogens with one attached hydrogen (secondary N) is 1. The maximum Gasteiger partial charge on any atom is 0.0568 e. The van der Waals surface area contributed by atoms with E-state index in [1.807, 2.05) is 0 Å². The summed E-state index contributed by atoms with van der Waals surface area (Å²) in [5.74, 6) is 0.591. The number of aliphatic hydroxyl groups is 1. The first-order chi connectivity index (χ1) is 6.74. The molecule has 2 nitrogen and oxygen atoms in total. The third kappa shape index (κ3) is 3.97. The molecule has 1 aliphatic carbocycles. The Morgan fingerprint density at radius 2 is 2.21 bits per heavy atom. The normalized spacial score (nSPS) is 29.4. The van der Waals surface area contributed by atoms with Gasteiger partial charge in [0.25, 0.3) is 0 Å². The Morgan fingerprint density at radius 3 is 2.79 bits per heavy atom. The van der Waals surface area contributed by atoms with Crippen LogP contribution in [-0.2, 0) is 0 Å². The minimum atomic E-state index is -0.00130. The summed E-state index contributed by atoms with van der Waals surface area (Å²) in [6.45, 7) is 5.54. The van der Waals surface area contributed by atoms with E-state index in [0.717, 1.165) is 13.0 Å². The quantitative estimate of drug-likeness (QED) is 0.643. The van der Waals surface area contributed by atoms with Gasteiger partial charge in [-0.3, -0.25) is 0 Å². The van der Waals surface area contributed by atoms with Crippen molar-refractivity contribution < 1.29 is 5.11 Å². The van der Waals surface area contributed by atoms with Gasteiger partial charge >= 0.3 is 0 Å². The Kier molecular flexibility index (Phi) is 5.49. The molecule has 0 radical (unpaired) electrons. The summed E-state index contributed by atoms with van der Waals surface area (Å²) in [6, 6.07) is 0.642. The molecule has 0 spiro atoms. The van der Waals surface area contributed by atoms with Crippen LogP contribution >= 0.6 is 0 Å². The average Bonchev–Trinajstić information content (AvgIpc) is 2.58. The Hall–Kier alpha value is -0.0800. The largest absolute Gasteiger partial charge is 0.393 e. The predicted molar refractivity (Wildman–Crippen MR) is 60.3 cm³/mol. The molecule has 0 bridgehead atoms. The first kappa shape index (κ1) is 12.0. The summed E-state index contributed by atoms with van der Waals surface area (Å²) < 4.78 is 0. The second-order valence-electron chi connectivity index (χ2n) is 4.66. The van der Waals surface area contributed by atoms with Crippen LogP contribution in [0, 0.1) is 5.92 Å². The van der Waals surface area contributed by atoms with Gasteiger partial charge in [0.1, 0.15) is 0 Å². The van der Waals surface area contributed by atoms with Crippen molar-refractivity contribution in [1.82, 2.24) is 5.32 Å². The number of hydrogen-bond acceptors (Lipinski definition) is 2. The van der Waals surface area contributed by atoms with Gasteiger partial charge < -0.3 is 10.4 Å². The van der Waals surface area contributed by atoms with Crippen LogP contribution in [0.2, 0.25) is 0 Å². The molecule has 2 heteroatoms. The minimum absolute atomic E-state index is 0.00130. The lowest BCUT2D eigenvalue weighted by atomic mass is 10.00. The van der Waals surface area contributed by atoms with Crippen LogP contribution < -0.4 is 5.32 Å². The predicted octanol–water partition coefficient (Wildman–Crippen LogP) is 2.32. The van der Waals surface area contributed by atoms with E-state index in [9.17, 15) is 5.11 Å². The van der Waals surface area contributed by atoms with Gasteiger partial charge in [-0.05, 0) is 51.5 Å². The van der Waals surface area contributed by atoms with Crippen molar-refractivity contribution in [2.75, 3.05) is 6.54 Å². The van der Waals surface area contributed by atoms with E-state index in [0.29, 0.717) is 12.0 Å². The molecule has 3 unspecified atom stereocenters. The molecule has 0 aromatic carbocycles. The molecule has 0 amide bonds. The van der Waals surface area contributed by atoms with Crippen molar-refractivity contribution in [1.29, 1.82) is 0 Å². The molecule has 2 N–H and O–H groups in total. The molecule has 0 saturated heterocycles. The zero-order valence-corrected chi connectivity index (χ0v) is 9.63. The Morgan fingerprint density at radius 1 is 1.43 bits per heavy atom. The number of rotatable bonds is 6. The van der Waals surface area contributed by atoms with E-state index in [-0.39, 0.29) is 6.10 Å². The molecule has 0 aromatic rings. The van der Waals surface area contributed by atoms with E-state index in [1.165, 1.54) is 32.1 Å². The van der Waals surface area contributed by atoms with E-state index in [4.69, 9.17) is 0 Å². The van der Waals surface area contributed by atoms with E-state index in [2.05, 4.69) is 19.2 Å². The molecule has 0 aromatic heterocycles. The molecule has 1 rings (SSSR count). The maximum atomic E-state index is 9.62. The summed E-state index contributed by atoms with van der Waals surface area (Å²) in [5.41, 5.74) is 0. The van der Waals surface area contributed by atoms with Crippen LogP contribution in [0.5, 0.6) is 0 Å². The van der Waals surface area contributed by atoms with Gasteiger partial charge in [0.15, 0.2) is 0 Å². The molecule has 0 aliphatic heterocycles. The van der Waals surface area contributed by atoms with Crippen LogP contribution in [-0.4, -0.2) is 23.8 Å². The van der Waals surface area contributed by atoms with Gasteiger partial charge in [0.2, 0.25) is 0 Å². The second kappa shape index (κ2) is 6.41. The summed E-state index contributed by atoms with van der Waals surface area (Å²) in [7, 11) is 0. The first-order valence-electron chi connectivity index (χ1n) is 6.15. The Bertz CT molecular complexity index is 149. The van der Waals surface area contributed by atoms with Crippen LogP contribution in [0.25, 0.3) is 0 Å². The zero-order valence-electron chi connectivity index (χ0n) is 9.63. The fourth-order valence-electron chi connectivity index (χ4n) is 2.21. The summed E-state index contributed by atoms with van der Waals surface area (Å²) >= 11 is 0. The third-order valence-electron chi connectivity index (χ3n) is 3.48. The molecular formula is C12H25NO. The van der Waals surface area contributed by atoms with Gasteiger partial charge in [0.05, 0.1) is 6.10 Å². The first-order valence-corrected chi connectivity index (χ1v) is 6.15. The van der Waals surface area contributed by atoms with Crippen molar-refractivity contribution in [2.24, 2.45) is 5.92 Å². The van der Waals surface area contributed by atoms with Crippen LogP contribution in [0.3, 0.4) is 0 Å². The molecule has 3 atom stereocenters. The highest BCUT2D eigenvalue weighted by atomic mass is 16.3. The lowest BCUT2D eigenvalue weighted by Gasteiger charge is -2.15. The Labute approximate surface area is 88.1 Å². The highest BCUT2D eigenvalue weighted by molar-refractivity contribution is 4.76. The van der Waals surface area contributed by atoms with Crippen LogP contribution in [0.4, 0.5) is 0 Å². The summed E-state index contributed by atoms with van der Waals surface area (Å²) in [5, 5.41) is 13.1. The average molecular weight is 199 g/mol. The van der Waals surface area contributed by atoms with Gasteiger partial charge in [-0.15, -0.1) is 0 Å². The smallest absolute Gasteiger partial charge is 0.0568 e. The van der Waals surface area contributed by atoms with Crippen LogP contribution in [0.1, 0.15) is 52.4 Å². The van der Waals surface area contributed by atoms with Crippen molar-refractivity contribution in [3.63, 3.8) is 0 Å². The highest BCUT2D eigenvalue weighted by Crippen LogP contribution is 2.28. The molecule has 1 aliphatic rings. The molecule has 14 heavy (non-hydrogen) atoms. The van der Waals surface area contributed by atoms with Gasteiger partial charge in [-0.25, -0.2) is 0 Å². The lowest BCUT2D eigenvalue weighted by Crippen LogP contribution is -2.26. The Balaban J connectivity index is 1.98. The van der Waals surface area contributed by atoms with Crippen molar-refractivity contribution >= 4 is 0 Å².